The highest BCUT2D eigenvalue weighted by molar-refractivity contribution is 6.29. The minimum absolute atomic E-state index is 0.711. The van der Waals surface area contributed by atoms with Crippen LogP contribution in [0.2, 0.25) is 0 Å². The van der Waals surface area contributed by atoms with E-state index in [2.05, 4.69) is 0 Å². The Morgan fingerprint density at radius 1 is 1.23 bits per heavy atom. The summed E-state index contributed by atoms with van der Waals surface area (Å²) in [5.41, 5.74) is 1.80. The zero-order valence-electron chi connectivity index (χ0n) is 7.97. The van der Waals surface area contributed by atoms with E-state index in [1.807, 2.05) is 19.9 Å². The van der Waals surface area contributed by atoms with E-state index in [9.17, 15) is 4.79 Å². The van der Waals surface area contributed by atoms with Gasteiger partial charge in [0.1, 0.15) is 0 Å². The lowest BCUT2D eigenvalue weighted by molar-refractivity contribution is -0.131. The Kier molecular flexibility index (Phi) is 5.16. The standard InChI is InChI=1S/C10H13ClO2/c1-7(4-5-10(12)13)6-8(2)9(3)11/h4-6H,1-3H3,(H,12,13)/b5-4-,7-6+,9-8-. The second-order valence-corrected chi connectivity index (χ2v) is 3.34. The summed E-state index contributed by atoms with van der Waals surface area (Å²) >= 11 is 5.73. The van der Waals surface area contributed by atoms with Gasteiger partial charge in [-0.25, -0.2) is 4.79 Å². The van der Waals surface area contributed by atoms with Crippen LogP contribution in [0.4, 0.5) is 0 Å². The molecular formula is C10H13ClO2. The Morgan fingerprint density at radius 2 is 1.77 bits per heavy atom. The molecule has 72 valence electrons. The van der Waals surface area contributed by atoms with E-state index < -0.39 is 5.97 Å². The molecular weight excluding hydrogens is 188 g/mol. The molecule has 0 bridgehead atoms. The second kappa shape index (κ2) is 5.60. The van der Waals surface area contributed by atoms with E-state index in [1.165, 1.54) is 6.08 Å². The average Bonchev–Trinajstić information content (AvgIpc) is 2.00. The van der Waals surface area contributed by atoms with Crippen molar-refractivity contribution in [3.8, 4) is 0 Å². The molecule has 3 heteroatoms. The molecule has 2 nitrogen and oxygen atoms in total. The van der Waals surface area contributed by atoms with Gasteiger partial charge in [-0.2, -0.15) is 0 Å². The first-order valence-electron chi connectivity index (χ1n) is 3.85. The Morgan fingerprint density at radius 3 is 2.15 bits per heavy atom. The predicted molar refractivity (Wildman–Crippen MR) is 54.8 cm³/mol. The molecule has 0 fully saturated rings. The molecule has 0 saturated heterocycles. The van der Waals surface area contributed by atoms with Crippen molar-refractivity contribution in [3.05, 3.63) is 34.4 Å². The molecule has 0 heterocycles. The fourth-order valence-electron chi connectivity index (χ4n) is 0.692. The molecule has 0 radical (unpaired) electrons. The molecule has 13 heavy (non-hydrogen) atoms. The third kappa shape index (κ3) is 6.17. The van der Waals surface area contributed by atoms with Crippen LogP contribution in [0.3, 0.4) is 0 Å². The number of carbonyl (C=O) groups is 1. The van der Waals surface area contributed by atoms with Gasteiger partial charge < -0.3 is 5.11 Å². The van der Waals surface area contributed by atoms with Gasteiger partial charge in [-0.3, -0.25) is 0 Å². The zero-order valence-corrected chi connectivity index (χ0v) is 8.72. The highest BCUT2D eigenvalue weighted by Crippen LogP contribution is 2.11. The summed E-state index contributed by atoms with van der Waals surface area (Å²) in [6.45, 7) is 5.49. The molecule has 0 unspecified atom stereocenters. The largest absolute Gasteiger partial charge is 0.478 e. The Labute approximate surface area is 83.2 Å². The average molecular weight is 201 g/mol. The van der Waals surface area contributed by atoms with Crippen LogP contribution in [0.15, 0.2) is 34.4 Å². The fraction of sp³-hybridized carbons (Fsp3) is 0.300. The van der Waals surface area contributed by atoms with Crippen LogP contribution < -0.4 is 0 Å². The van der Waals surface area contributed by atoms with E-state index in [-0.39, 0.29) is 0 Å². The molecule has 0 atom stereocenters. The number of allylic oxidation sites excluding steroid dienone is 5. The van der Waals surface area contributed by atoms with Crippen molar-refractivity contribution in [1.82, 2.24) is 0 Å². The first-order valence-corrected chi connectivity index (χ1v) is 4.23. The Bertz CT molecular complexity index is 281. The number of hydrogen-bond donors (Lipinski definition) is 1. The normalized spacial score (nSPS) is 14.6. The van der Waals surface area contributed by atoms with Crippen LogP contribution in [0.25, 0.3) is 0 Å². The van der Waals surface area contributed by atoms with Gasteiger partial charge in [0.05, 0.1) is 0 Å². The third-order valence-electron chi connectivity index (χ3n) is 1.48. The maximum absolute atomic E-state index is 10.2. The van der Waals surface area contributed by atoms with Crippen LogP contribution in [0.1, 0.15) is 20.8 Å². The summed E-state index contributed by atoms with van der Waals surface area (Å²) in [5, 5.41) is 9.06. The van der Waals surface area contributed by atoms with E-state index in [4.69, 9.17) is 16.7 Å². The quantitative estimate of drug-likeness (QED) is 0.562. The topological polar surface area (TPSA) is 37.3 Å². The van der Waals surface area contributed by atoms with E-state index >= 15 is 0 Å². The third-order valence-corrected chi connectivity index (χ3v) is 1.77. The number of halogens is 1. The minimum Gasteiger partial charge on any atom is -0.478 e. The van der Waals surface area contributed by atoms with Crippen LogP contribution in [0.5, 0.6) is 0 Å². The van der Waals surface area contributed by atoms with Gasteiger partial charge >= 0.3 is 5.97 Å². The molecule has 0 aromatic carbocycles. The van der Waals surface area contributed by atoms with Crippen molar-refractivity contribution in [2.75, 3.05) is 0 Å². The molecule has 0 amide bonds. The Balaban J connectivity index is 4.52. The number of rotatable bonds is 3. The van der Waals surface area contributed by atoms with Crippen LogP contribution in [-0.4, -0.2) is 11.1 Å². The summed E-state index contributed by atoms with van der Waals surface area (Å²) in [6, 6.07) is 0. The lowest BCUT2D eigenvalue weighted by Gasteiger charge is -1.95. The number of hydrogen-bond acceptors (Lipinski definition) is 1. The highest BCUT2D eigenvalue weighted by Gasteiger charge is 1.90. The lowest BCUT2D eigenvalue weighted by atomic mass is 10.2. The van der Waals surface area contributed by atoms with Crippen molar-refractivity contribution >= 4 is 17.6 Å². The number of carboxylic acids is 1. The zero-order chi connectivity index (χ0) is 10.4. The molecule has 0 aliphatic rings. The Hall–Kier alpha value is -1.02. The van der Waals surface area contributed by atoms with Gasteiger partial charge in [0.2, 0.25) is 0 Å². The smallest absolute Gasteiger partial charge is 0.328 e. The van der Waals surface area contributed by atoms with Gasteiger partial charge in [-0.05, 0) is 26.3 Å². The van der Waals surface area contributed by atoms with Crippen molar-refractivity contribution < 1.29 is 9.90 Å². The molecule has 0 aliphatic carbocycles. The predicted octanol–water partition coefficient (Wildman–Crippen LogP) is 3.11. The van der Waals surface area contributed by atoms with Crippen molar-refractivity contribution in [2.24, 2.45) is 0 Å². The summed E-state index contributed by atoms with van der Waals surface area (Å²) in [6.07, 6.45) is 4.47. The van der Waals surface area contributed by atoms with Gasteiger partial charge in [-0.1, -0.05) is 29.3 Å². The van der Waals surface area contributed by atoms with Gasteiger partial charge in [0.25, 0.3) is 0 Å². The van der Waals surface area contributed by atoms with E-state index in [0.717, 1.165) is 17.2 Å². The number of aliphatic carboxylic acids is 1. The summed E-state index contributed by atoms with van der Waals surface area (Å²) in [7, 11) is 0. The number of carboxylic acid groups (broad SMARTS) is 1. The van der Waals surface area contributed by atoms with E-state index in [1.54, 1.807) is 6.92 Å². The van der Waals surface area contributed by atoms with Crippen molar-refractivity contribution in [1.29, 1.82) is 0 Å². The first-order chi connectivity index (χ1) is 5.93. The molecule has 0 aromatic heterocycles. The maximum atomic E-state index is 10.2. The van der Waals surface area contributed by atoms with Crippen LogP contribution >= 0.6 is 11.6 Å². The van der Waals surface area contributed by atoms with Crippen molar-refractivity contribution in [3.63, 3.8) is 0 Å². The summed E-state index contributed by atoms with van der Waals surface area (Å²) in [5.74, 6) is -0.947. The minimum atomic E-state index is -0.947. The molecule has 0 aliphatic heterocycles. The van der Waals surface area contributed by atoms with Crippen LogP contribution in [-0.2, 0) is 4.79 Å². The SMILES string of the molecule is C/C(Cl)=C(C)/C=C(C)/C=C\C(=O)O. The lowest BCUT2D eigenvalue weighted by Crippen LogP contribution is -1.86. The molecule has 0 saturated carbocycles. The maximum Gasteiger partial charge on any atom is 0.328 e. The molecule has 1 N–H and O–H groups in total. The monoisotopic (exact) mass is 200 g/mol. The summed E-state index contributed by atoms with van der Waals surface area (Å²) in [4.78, 5) is 10.2. The molecule has 0 rings (SSSR count). The first kappa shape index (κ1) is 12.0. The fourth-order valence-corrected chi connectivity index (χ4v) is 0.746. The van der Waals surface area contributed by atoms with Crippen molar-refractivity contribution in [2.45, 2.75) is 20.8 Å². The van der Waals surface area contributed by atoms with E-state index in [0.29, 0.717) is 5.03 Å². The molecule has 0 aromatic rings. The molecule has 0 spiro atoms. The summed E-state index contributed by atoms with van der Waals surface area (Å²) < 4.78 is 0. The van der Waals surface area contributed by atoms with Gasteiger partial charge in [0.15, 0.2) is 0 Å². The van der Waals surface area contributed by atoms with Crippen LogP contribution in [0, 0.1) is 0 Å². The second-order valence-electron chi connectivity index (χ2n) is 2.78. The highest BCUT2D eigenvalue weighted by atomic mass is 35.5. The van der Waals surface area contributed by atoms with Gasteiger partial charge in [-0.15, -0.1) is 0 Å². The van der Waals surface area contributed by atoms with Gasteiger partial charge in [0, 0.05) is 11.1 Å².